The summed E-state index contributed by atoms with van der Waals surface area (Å²) in [6.07, 6.45) is 1.75. The lowest BCUT2D eigenvalue weighted by molar-refractivity contribution is 0.0628. The second-order valence-corrected chi connectivity index (χ2v) is 10.8. The van der Waals surface area contributed by atoms with E-state index in [2.05, 4.69) is 52.1 Å². The van der Waals surface area contributed by atoms with Gasteiger partial charge < -0.3 is 4.90 Å². The highest BCUT2D eigenvalue weighted by Crippen LogP contribution is 2.24. The molecule has 1 saturated heterocycles. The highest BCUT2D eigenvalue weighted by molar-refractivity contribution is 7.89. The Labute approximate surface area is 195 Å². The number of rotatable bonds is 6. The Bertz CT molecular complexity index is 1290. The first kappa shape index (κ1) is 22.1. The minimum Gasteiger partial charge on any atom is -0.336 e. The van der Waals surface area contributed by atoms with E-state index in [1.54, 1.807) is 12.1 Å². The van der Waals surface area contributed by atoms with Crippen LogP contribution >= 0.6 is 0 Å². The predicted octanol–water partition coefficient (Wildman–Crippen LogP) is 3.55. The van der Waals surface area contributed by atoms with Crippen LogP contribution in [-0.2, 0) is 16.6 Å². The van der Waals surface area contributed by atoms with Gasteiger partial charge in [0.15, 0.2) is 0 Å². The van der Waals surface area contributed by atoms with Crippen LogP contribution in [0.15, 0.2) is 65.6 Å². The number of fused-ring (bicyclic) bond motifs is 1. The van der Waals surface area contributed by atoms with Gasteiger partial charge in [0.25, 0.3) is 5.91 Å². The van der Waals surface area contributed by atoms with Crippen molar-refractivity contribution in [1.82, 2.24) is 14.5 Å². The van der Waals surface area contributed by atoms with Gasteiger partial charge >= 0.3 is 0 Å². The highest BCUT2D eigenvalue weighted by Gasteiger charge is 2.29. The Morgan fingerprint density at radius 3 is 2.45 bits per heavy atom. The van der Waals surface area contributed by atoms with E-state index in [4.69, 9.17) is 0 Å². The van der Waals surface area contributed by atoms with E-state index in [-0.39, 0.29) is 16.8 Å². The van der Waals surface area contributed by atoms with Gasteiger partial charge in [0.1, 0.15) is 0 Å². The molecule has 1 saturated carbocycles. The fraction of sp³-hybridized carbons (Fsp3) is 0.346. The van der Waals surface area contributed by atoms with Gasteiger partial charge in [0.05, 0.1) is 4.90 Å². The monoisotopic (exact) mass is 463 g/mol. The summed E-state index contributed by atoms with van der Waals surface area (Å²) >= 11 is 0. The van der Waals surface area contributed by atoms with Gasteiger partial charge in [-0.05, 0) is 53.8 Å². The molecular formula is C26H29N3O3S. The molecular weight excluding hydrogens is 434 g/mol. The van der Waals surface area contributed by atoms with E-state index >= 15 is 0 Å². The maximum absolute atomic E-state index is 13.3. The molecule has 0 aromatic heterocycles. The van der Waals surface area contributed by atoms with Crippen LogP contribution in [0.25, 0.3) is 10.8 Å². The Kier molecular flexibility index (Phi) is 5.95. The summed E-state index contributed by atoms with van der Waals surface area (Å²) in [5.41, 5.74) is 2.56. The third-order valence-corrected chi connectivity index (χ3v) is 8.10. The molecule has 2 fully saturated rings. The summed E-state index contributed by atoms with van der Waals surface area (Å²) in [5.74, 6) is -0.0965. The van der Waals surface area contributed by atoms with Crippen LogP contribution in [0.2, 0.25) is 0 Å². The first-order valence-corrected chi connectivity index (χ1v) is 13.0. The average molecular weight is 464 g/mol. The number of carbonyl (C=O) groups is 1. The quantitative estimate of drug-likeness (QED) is 0.607. The van der Waals surface area contributed by atoms with Gasteiger partial charge in [-0.15, -0.1) is 0 Å². The predicted molar refractivity (Wildman–Crippen MR) is 130 cm³/mol. The third kappa shape index (κ3) is 4.81. The molecule has 0 spiro atoms. The first-order chi connectivity index (χ1) is 15.9. The molecule has 1 aliphatic carbocycles. The fourth-order valence-corrected chi connectivity index (χ4v) is 5.77. The summed E-state index contributed by atoms with van der Waals surface area (Å²) in [7, 11) is -3.59. The average Bonchev–Trinajstić information content (AvgIpc) is 3.63. The largest absolute Gasteiger partial charge is 0.336 e. The van der Waals surface area contributed by atoms with E-state index in [1.165, 1.54) is 22.4 Å². The van der Waals surface area contributed by atoms with E-state index in [9.17, 15) is 13.2 Å². The topological polar surface area (TPSA) is 69.7 Å². The van der Waals surface area contributed by atoms with Gasteiger partial charge in [0, 0.05) is 44.3 Å². The first-order valence-electron chi connectivity index (χ1n) is 11.5. The summed E-state index contributed by atoms with van der Waals surface area (Å²) in [6, 6.07) is 19.7. The lowest BCUT2D eigenvalue weighted by Crippen LogP contribution is -2.48. The second kappa shape index (κ2) is 8.89. The van der Waals surface area contributed by atoms with Gasteiger partial charge in [-0.1, -0.05) is 48.5 Å². The number of nitrogens with zero attached hydrogens (tertiary/aromatic N) is 2. The number of aryl methyl sites for hydroxylation is 1. The van der Waals surface area contributed by atoms with Crippen LogP contribution < -0.4 is 4.72 Å². The van der Waals surface area contributed by atoms with E-state index in [0.717, 1.165) is 38.0 Å². The molecule has 1 amide bonds. The number of carbonyl (C=O) groups excluding carboxylic acids is 1. The fourth-order valence-electron chi connectivity index (χ4n) is 4.44. The van der Waals surface area contributed by atoms with Crippen molar-refractivity contribution >= 4 is 26.7 Å². The normalized spacial score (nSPS) is 17.4. The molecule has 33 heavy (non-hydrogen) atoms. The number of hydrogen-bond donors (Lipinski definition) is 1. The molecule has 0 radical (unpaired) electrons. The van der Waals surface area contributed by atoms with Crippen molar-refractivity contribution < 1.29 is 13.2 Å². The van der Waals surface area contributed by atoms with Crippen molar-refractivity contribution in [3.63, 3.8) is 0 Å². The third-order valence-electron chi connectivity index (χ3n) is 6.58. The molecule has 0 bridgehead atoms. The number of piperazine rings is 1. The molecule has 3 aromatic carbocycles. The van der Waals surface area contributed by atoms with Gasteiger partial charge in [0.2, 0.25) is 10.0 Å². The van der Waals surface area contributed by atoms with Crippen molar-refractivity contribution in [2.24, 2.45) is 0 Å². The molecule has 0 atom stereocenters. The lowest BCUT2D eigenvalue weighted by atomic mass is 10.0. The minimum atomic E-state index is -3.59. The van der Waals surface area contributed by atoms with Crippen molar-refractivity contribution in [2.45, 2.75) is 37.2 Å². The van der Waals surface area contributed by atoms with Crippen LogP contribution in [0, 0.1) is 6.92 Å². The van der Waals surface area contributed by atoms with Crippen LogP contribution in [-0.4, -0.2) is 56.3 Å². The lowest BCUT2D eigenvalue weighted by Gasteiger charge is -2.35. The number of nitrogens with one attached hydrogen (secondary N) is 1. The van der Waals surface area contributed by atoms with Crippen molar-refractivity contribution in [3.05, 3.63) is 77.4 Å². The highest BCUT2D eigenvalue weighted by atomic mass is 32.2. The molecule has 172 valence electrons. The van der Waals surface area contributed by atoms with Crippen LogP contribution in [0.3, 0.4) is 0 Å². The Hall–Kier alpha value is -2.74. The van der Waals surface area contributed by atoms with E-state index in [0.29, 0.717) is 18.7 Å². The number of hydrogen-bond acceptors (Lipinski definition) is 4. The second-order valence-electron chi connectivity index (χ2n) is 9.08. The van der Waals surface area contributed by atoms with Gasteiger partial charge in [-0.2, -0.15) is 0 Å². The van der Waals surface area contributed by atoms with E-state index < -0.39 is 10.0 Å². The van der Waals surface area contributed by atoms with E-state index in [1.807, 2.05) is 11.8 Å². The minimum absolute atomic E-state index is 0.0327. The standard InChI is InChI=1S/C26H29N3O3S/c1-19-9-12-23(33(31,32)27-22-10-11-22)17-25(19)26(30)29-15-13-28(14-16-29)18-21-7-4-6-20-5-2-3-8-24(20)21/h2-9,12,17,22,27H,10-11,13-16,18H2,1H3. The number of amides is 1. The summed E-state index contributed by atoms with van der Waals surface area (Å²) in [6.45, 7) is 5.53. The zero-order chi connectivity index (χ0) is 23.0. The summed E-state index contributed by atoms with van der Waals surface area (Å²) in [5, 5.41) is 2.51. The zero-order valence-electron chi connectivity index (χ0n) is 18.8. The van der Waals surface area contributed by atoms with Crippen molar-refractivity contribution in [2.75, 3.05) is 26.2 Å². The Balaban J connectivity index is 1.26. The summed E-state index contributed by atoms with van der Waals surface area (Å²) < 4.78 is 27.9. The molecule has 1 heterocycles. The number of benzene rings is 3. The molecule has 3 aromatic rings. The molecule has 1 aliphatic heterocycles. The van der Waals surface area contributed by atoms with Crippen molar-refractivity contribution in [1.29, 1.82) is 0 Å². The Morgan fingerprint density at radius 2 is 1.70 bits per heavy atom. The smallest absolute Gasteiger partial charge is 0.254 e. The maximum Gasteiger partial charge on any atom is 0.254 e. The molecule has 0 unspecified atom stereocenters. The van der Waals surface area contributed by atoms with Crippen LogP contribution in [0.4, 0.5) is 0 Å². The molecule has 2 aliphatic rings. The molecule has 1 N–H and O–H groups in total. The number of sulfonamides is 1. The van der Waals surface area contributed by atoms with Crippen LogP contribution in [0.1, 0.15) is 34.3 Å². The van der Waals surface area contributed by atoms with Gasteiger partial charge in [-0.25, -0.2) is 13.1 Å². The molecule has 5 rings (SSSR count). The maximum atomic E-state index is 13.3. The molecule has 7 heteroatoms. The SMILES string of the molecule is Cc1ccc(S(=O)(=O)NC2CC2)cc1C(=O)N1CCN(Cc2cccc3ccccc23)CC1. The van der Waals surface area contributed by atoms with Crippen LogP contribution in [0.5, 0.6) is 0 Å². The van der Waals surface area contributed by atoms with Gasteiger partial charge in [-0.3, -0.25) is 9.69 Å². The molecule has 6 nitrogen and oxygen atoms in total. The summed E-state index contributed by atoms with van der Waals surface area (Å²) in [4.78, 5) is 17.6. The van der Waals surface area contributed by atoms with Crippen molar-refractivity contribution in [3.8, 4) is 0 Å². The zero-order valence-corrected chi connectivity index (χ0v) is 19.6. The Morgan fingerprint density at radius 1 is 0.970 bits per heavy atom.